The minimum atomic E-state index is -0.811. The number of H-pyrrole nitrogens is 1. The van der Waals surface area contributed by atoms with Crippen LogP contribution in [0.3, 0.4) is 0 Å². The first-order valence-corrected chi connectivity index (χ1v) is 11.2. The molecule has 0 bridgehead atoms. The molecule has 1 aromatic heterocycles. The number of carbonyl (C=O) groups excluding carboxylic acids is 2. The van der Waals surface area contributed by atoms with Crippen molar-refractivity contribution in [2.24, 2.45) is 5.41 Å². The fraction of sp³-hybridized carbons (Fsp3) is 0.320. The van der Waals surface area contributed by atoms with Crippen LogP contribution in [0, 0.1) is 5.41 Å². The van der Waals surface area contributed by atoms with Gasteiger partial charge in [-0.1, -0.05) is 41.9 Å². The van der Waals surface area contributed by atoms with Crippen molar-refractivity contribution in [3.05, 3.63) is 77.1 Å². The number of benzene rings is 2. The lowest BCUT2D eigenvalue weighted by Gasteiger charge is -2.41. The van der Waals surface area contributed by atoms with E-state index in [1.54, 1.807) is 30.3 Å². The Bertz CT molecular complexity index is 1100. The molecule has 1 aliphatic heterocycles. The van der Waals surface area contributed by atoms with Crippen LogP contribution < -0.4 is 0 Å². The fourth-order valence-electron chi connectivity index (χ4n) is 4.47. The number of piperidine rings is 1. The van der Waals surface area contributed by atoms with Gasteiger partial charge in [-0.25, -0.2) is 4.98 Å². The molecule has 1 N–H and O–H groups in total. The predicted octanol–water partition coefficient (Wildman–Crippen LogP) is 4.76. The van der Waals surface area contributed by atoms with Gasteiger partial charge in [0.1, 0.15) is 5.82 Å². The number of aromatic nitrogens is 2. The average Bonchev–Trinajstić information content (AvgIpc) is 3.34. The minimum absolute atomic E-state index is 0.114. The molecule has 7 heteroatoms. The summed E-state index contributed by atoms with van der Waals surface area (Å²) in [5, 5.41) is 0.623. The van der Waals surface area contributed by atoms with Crippen LogP contribution in [-0.4, -0.2) is 46.4 Å². The predicted molar refractivity (Wildman–Crippen MR) is 123 cm³/mol. The van der Waals surface area contributed by atoms with E-state index in [9.17, 15) is 9.59 Å². The Kier molecular flexibility index (Phi) is 6.61. The van der Waals surface area contributed by atoms with Crippen molar-refractivity contribution in [2.75, 3.05) is 19.7 Å². The number of amides is 1. The van der Waals surface area contributed by atoms with E-state index in [1.807, 2.05) is 42.5 Å². The Morgan fingerprint density at radius 1 is 1.22 bits per heavy atom. The van der Waals surface area contributed by atoms with E-state index in [2.05, 4.69) is 9.97 Å². The molecule has 1 fully saturated rings. The molecule has 2 aromatic carbocycles. The van der Waals surface area contributed by atoms with Gasteiger partial charge in [0.05, 0.1) is 17.6 Å². The fourth-order valence-corrected chi connectivity index (χ4v) is 4.68. The van der Waals surface area contributed by atoms with Gasteiger partial charge in [0.25, 0.3) is 5.91 Å². The Morgan fingerprint density at radius 3 is 2.81 bits per heavy atom. The Hall–Kier alpha value is -3.12. The zero-order valence-corrected chi connectivity index (χ0v) is 18.8. The quantitative estimate of drug-likeness (QED) is 0.548. The highest BCUT2D eigenvalue weighted by Crippen LogP contribution is 2.37. The molecule has 0 radical (unpaired) electrons. The Morgan fingerprint density at radius 2 is 2.06 bits per heavy atom. The van der Waals surface area contributed by atoms with E-state index in [0.29, 0.717) is 55.4 Å². The van der Waals surface area contributed by atoms with Crippen LogP contribution in [-0.2, 0) is 16.0 Å². The van der Waals surface area contributed by atoms with Gasteiger partial charge in [-0.3, -0.25) is 9.59 Å². The smallest absolute Gasteiger partial charge is 0.314 e. The normalized spacial score (nSPS) is 18.4. The first-order valence-electron chi connectivity index (χ1n) is 10.8. The summed E-state index contributed by atoms with van der Waals surface area (Å²) in [5.41, 5.74) is 1.44. The highest BCUT2D eigenvalue weighted by molar-refractivity contribution is 6.30. The third kappa shape index (κ3) is 4.55. The summed E-state index contributed by atoms with van der Waals surface area (Å²) in [6.45, 7) is 2.98. The van der Waals surface area contributed by atoms with Gasteiger partial charge in [-0.2, -0.15) is 0 Å². The van der Waals surface area contributed by atoms with Crippen molar-refractivity contribution in [3.8, 4) is 11.4 Å². The number of hydrogen-bond donors (Lipinski definition) is 1. The lowest BCUT2D eigenvalue weighted by atomic mass is 9.75. The molecule has 1 saturated heterocycles. The number of nitrogens with one attached hydrogen (secondary N) is 1. The highest BCUT2D eigenvalue weighted by Gasteiger charge is 2.45. The zero-order valence-electron chi connectivity index (χ0n) is 18.0. The summed E-state index contributed by atoms with van der Waals surface area (Å²) in [6, 6.07) is 14.9. The van der Waals surface area contributed by atoms with Crippen molar-refractivity contribution in [3.63, 3.8) is 0 Å². The van der Waals surface area contributed by atoms with Crippen molar-refractivity contribution < 1.29 is 14.3 Å². The third-order valence-electron chi connectivity index (χ3n) is 5.91. The summed E-state index contributed by atoms with van der Waals surface area (Å²) < 4.78 is 5.48. The molecule has 4 rings (SSSR count). The number of aromatic amines is 1. The number of hydrogen-bond acceptors (Lipinski definition) is 4. The number of ether oxygens (including phenoxy) is 1. The van der Waals surface area contributed by atoms with Crippen LogP contribution in [0.4, 0.5) is 0 Å². The van der Waals surface area contributed by atoms with Crippen molar-refractivity contribution in [2.45, 2.75) is 26.2 Å². The maximum Gasteiger partial charge on any atom is 0.314 e. The van der Waals surface area contributed by atoms with Gasteiger partial charge >= 0.3 is 5.97 Å². The van der Waals surface area contributed by atoms with Crippen LogP contribution in [0.15, 0.2) is 60.9 Å². The number of carbonyl (C=O) groups is 2. The molecule has 0 unspecified atom stereocenters. The second-order valence-electron chi connectivity index (χ2n) is 8.12. The first kappa shape index (κ1) is 22.1. The first-order chi connectivity index (χ1) is 15.5. The molecule has 3 aromatic rings. The Labute approximate surface area is 192 Å². The van der Waals surface area contributed by atoms with Gasteiger partial charge in [0, 0.05) is 36.1 Å². The van der Waals surface area contributed by atoms with E-state index in [-0.39, 0.29) is 11.9 Å². The molecule has 32 heavy (non-hydrogen) atoms. The lowest BCUT2D eigenvalue weighted by Crippen LogP contribution is -2.51. The standard InChI is InChI=1S/C25H26ClN3O3/c1-2-32-24(31)25(16-18-7-5-8-19(26)15-18)11-6-14-29(17-25)23(30)21-10-4-3-9-20(21)22-27-12-13-28-22/h3-5,7-10,12-13,15H,2,6,11,14,16-17H2,1H3,(H,27,28)/t25-/m1/s1. The summed E-state index contributed by atoms with van der Waals surface area (Å²) in [7, 11) is 0. The van der Waals surface area contributed by atoms with Crippen LogP contribution in [0.1, 0.15) is 35.7 Å². The summed E-state index contributed by atoms with van der Waals surface area (Å²) in [4.78, 5) is 35.9. The Balaban J connectivity index is 1.65. The number of nitrogens with zero attached hydrogens (tertiary/aromatic N) is 2. The van der Waals surface area contributed by atoms with Crippen molar-refractivity contribution in [1.82, 2.24) is 14.9 Å². The SMILES string of the molecule is CCOC(=O)[C@@]1(Cc2cccc(Cl)c2)CCCN(C(=O)c2ccccc2-c2ncc[nH]2)C1. The molecule has 1 atom stereocenters. The van der Waals surface area contributed by atoms with E-state index >= 15 is 0 Å². The molecule has 1 amide bonds. The number of halogens is 1. The zero-order chi connectivity index (χ0) is 22.6. The van der Waals surface area contributed by atoms with Gasteiger partial charge in [0.15, 0.2) is 0 Å². The monoisotopic (exact) mass is 451 g/mol. The number of imidazole rings is 1. The second-order valence-corrected chi connectivity index (χ2v) is 8.56. The lowest BCUT2D eigenvalue weighted by molar-refractivity contribution is -0.158. The molecular weight excluding hydrogens is 426 g/mol. The number of esters is 1. The number of rotatable bonds is 6. The molecule has 2 heterocycles. The summed E-state index contributed by atoms with van der Waals surface area (Å²) in [5.74, 6) is 0.259. The molecule has 0 spiro atoms. The second kappa shape index (κ2) is 9.57. The van der Waals surface area contributed by atoms with Gasteiger partial charge in [0.2, 0.25) is 0 Å². The molecule has 1 aliphatic rings. The van der Waals surface area contributed by atoms with Gasteiger partial charge in [-0.05, 0) is 49.9 Å². The van der Waals surface area contributed by atoms with Crippen molar-refractivity contribution in [1.29, 1.82) is 0 Å². The van der Waals surface area contributed by atoms with Crippen molar-refractivity contribution >= 4 is 23.5 Å². The largest absolute Gasteiger partial charge is 0.466 e. The van der Waals surface area contributed by atoms with E-state index < -0.39 is 5.41 Å². The maximum atomic E-state index is 13.6. The summed E-state index contributed by atoms with van der Waals surface area (Å²) >= 11 is 6.18. The summed E-state index contributed by atoms with van der Waals surface area (Å²) in [6.07, 6.45) is 5.23. The molecule has 0 aliphatic carbocycles. The topological polar surface area (TPSA) is 75.3 Å². The minimum Gasteiger partial charge on any atom is -0.466 e. The van der Waals surface area contributed by atoms with Gasteiger partial charge in [-0.15, -0.1) is 0 Å². The molecule has 0 saturated carbocycles. The molecule has 6 nitrogen and oxygen atoms in total. The third-order valence-corrected chi connectivity index (χ3v) is 6.15. The van der Waals surface area contributed by atoms with Crippen LogP contribution in [0.5, 0.6) is 0 Å². The highest BCUT2D eigenvalue weighted by atomic mass is 35.5. The molecule has 166 valence electrons. The van der Waals surface area contributed by atoms with Crippen LogP contribution >= 0.6 is 11.6 Å². The van der Waals surface area contributed by atoms with E-state index in [0.717, 1.165) is 11.1 Å². The van der Waals surface area contributed by atoms with Crippen LogP contribution in [0.25, 0.3) is 11.4 Å². The van der Waals surface area contributed by atoms with Gasteiger partial charge < -0.3 is 14.6 Å². The molecular formula is C25H26ClN3O3. The van der Waals surface area contributed by atoms with E-state index in [4.69, 9.17) is 16.3 Å². The van der Waals surface area contributed by atoms with E-state index in [1.165, 1.54) is 0 Å². The number of likely N-dealkylation sites (tertiary alicyclic amines) is 1. The average molecular weight is 452 g/mol. The van der Waals surface area contributed by atoms with Crippen LogP contribution in [0.2, 0.25) is 5.02 Å². The maximum absolute atomic E-state index is 13.6.